The molecule has 0 aromatic rings. The van der Waals surface area contributed by atoms with E-state index in [0.717, 1.165) is 12.3 Å². The van der Waals surface area contributed by atoms with Gasteiger partial charge in [0.25, 0.3) is 0 Å². The third-order valence-electron chi connectivity index (χ3n) is 3.25. The van der Waals surface area contributed by atoms with Crippen molar-refractivity contribution in [1.29, 1.82) is 0 Å². The monoisotopic (exact) mass is 166 g/mol. The van der Waals surface area contributed by atoms with Gasteiger partial charge in [0.05, 0.1) is 0 Å². The topological polar surface area (TPSA) is 17.1 Å². The Bertz CT molecular complexity index is 164. The van der Waals surface area contributed by atoms with Crippen LogP contribution in [0.2, 0.25) is 0 Å². The molecule has 2 aliphatic carbocycles. The number of hydrogen-bond donors (Lipinski definition) is 0. The van der Waals surface area contributed by atoms with Crippen molar-refractivity contribution >= 4 is 5.78 Å². The van der Waals surface area contributed by atoms with Crippen LogP contribution in [-0.2, 0) is 4.79 Å². The lowest BCUT2D eigenvalue weighted by atomic mass is 9.84. The molecule has 0 spiro atoms. The first-order chi connectivity index (χ1) is 5.86. The van der Waals surface area contributed by atoms with Crippen LogP contribution in [0.5, 0.6) is 0 Å². The summed E-state index contributed by atoms with van der Waals surface area (Å²) >= 11 is 0. The van der Waals surface area contributed by atoms with Crippen LogP contribution in [0.1, 0.15) is 51.4 Å². The van der Waals surface area contributed by atoms with Crippen molar-refractivity contribution in [3.8, 4) is 0 Å². The van der Waals surface area contributed by atoms with Gasteiger partial charge in [0.1, 0.15) is 5.78 Å². The smallest absolute Gasteiger partial charge is 0.136 e. The molecule has 0 aromatic heterocycles. The summed E-state index contributed by atoms with van der Waals surface area (Å²) in [7, 11) is 0. The van der Waals surface area contributed by atoms with Crippen molar-refractivity contribution in [3.05, 3.63) is 0 Å². The number of ketones is 1. The van der Waals surface area contributed by atoms with Crippen molar-refractivity contribution in [2.75, 3.05) is 0 Å². The highest BCUT2D eigenvalue weighted by Crippen LogP contribution is 2.35. The van der Waals surface area contributed by atoms with Crippen molar-refractivity contribution in [2.45, 2.75) is 51.4 Å². The summed E-state index contributed by atoms with van der Waals surface area (Å²) in [6, 6.07) is 0. The number of rotatable bonds is 3. The first-order valence-corrected chi connectivity index (χ1v) is 5.39. The molecule has 0 amide bonds. The van der Waals surface area contributed by atoms with E-state index in [1.165, 1.54) is 44.9 Å². The second kappa shape index (κ2) is 3.59. The minimum Gasteiger partial charge on any atom is -0.299 e. The molecular weight excluding hydrogens is 148 g/mol. The molecule has 1 heteroatoms. The lowest BCUT2D eigenvalue weighted by Crippen LogP contribution is -2.17. The maximum absolute atomic E-state index is 11.6. The van der Waals surface area contributed by atoms with Crippen LogP contribution in [0.25, 0.3) is 0 Å². The highest BCUT2D eigenvalue weighted by Gasteiger charge is 2.28. The number of carbonyl (C=O) groups is 1. The molecule has 1 nitrogen and oxygen atoms in total. The summed E-state index contributed by atoms with van der Waals surface area (Å²) in [6.07, 6.45) is 9.86. The summed E-state index contributed by atoms with van der Waals surface area (Å²) in [4.78, 5) is 11.6. The van der Waals surface area contributed by atoms with Crippen LogP contribution < -0.4 is 0 Å². The molecule has 0 bridgehead atoms. The zero-order valence-corrected chi connectivity index (χ0v) is 7.72. The largest absolute Gasteiger partial charge is 0.299 e. The molecule has 2 aliphatic rings. The standard InChI is InChI=1S/C11H18O/c12-11(8-9-6-7-9)10-4-2-1-3-5-10/h9-10H,1-8H2. The molecule has 2 saturated carbocycles. The van der Waals surface area contributed by atoms with Gasteiger partial charge in [0, 0.05) is 12.3 Å². The first-order valence-electron chi connectivity index (χ1n) is 5.39. The van der Waals surface area contributed by atoms with Gasteiger partial charge in [-0.3, -0.25) is 4.79 Å². The molecule has 0 atom stereocenters. The fourth-order valence-electron chi connectivity index (χ4n) is 2.20. The maximum Gasteiger partial charge on any atom is 0.136 e. The van der Waals surface area contributed by atoms with Gasteiger partial charge in [-0.2, -0.15) is 0 Å². The Balaban J connectivity index is 1.76. The van der Waals surface area contributed by atoms with Gasteiger partial charge in [-0.15, -0.1) is 0 Å². The Morgan fingerprint density at radius 3 is 2.25 bits per heavy atom. The van der Waals surface area contributed by atoms with Crippen LogP contribution in [0.4, 0.5) is 0 Å². The fraction of sp³-hybridized carbons (Fsp3) is 0.909. The zero-order chi connectivity index (χ0) is 8.39. The third kappa shape index (κ3) is 2.09. The predicted molar refractivity (Wildman–Crippen MR) is 48.9 cm³/mol. The average Bonchev–Trinajstić information content (AvgIpc) is 2.90. The van der Waals surface area contributed by atoms with E-state index >= 15 is 0 Å². The van der Waals surface area contributed by atoms with Crippen molar-refractivity contribution < 1.29 is 4.79 Å². The molecular formula is C11H18O. The molecule has 0 aromatic carbocycles. The Morgan fingerprint density at radius 1 is 1.00 bits per heavy atom. The van der Waals surface area contributed by atoms with E-state index in [4.69, 9.17) is 0 Å². The Hall–Kier alpha value is -0.330. The lowest BCUT2D eigenvalue weighted by molar-refractivity contribution is -0.124. The maximum atomic E-state index is 11.6. The van der Waals surface area contributed by atoms with Gasteiger partial charge in [-0.1, -0.05) is 19.3 Å². The van der Waals surface area contributed by atoms with Gasteiger partial charge < -0.3 is 0 Å². The highest BCUT2D eigenvalue weighted by molar-refractivity contribution is 5.81. The quantitative estimate of drug-likeness (QED) is 0.630. The Morgan fingerprint density at radius 2 is 1.67 bits per heavy atom. The van der Waals surface area contributed by atoms with E-state index in [-0.39, 0.29) is 0 Å². The molecule has 0 N–H and O–H groups in total. The van der Waals surface area contributed by atoms with Crippen LogP contribution in [0.15, 0.2) is 0 Å². The fourth-order valence-corrected chi connectivity index (χ4v) is 2.20. The van der Waals surface area contributed by atoms with E-state index in [9.17, 15) is 4.79 Å². The van der Waals surface area contributed by atoms with Gasteiger partial charge in [0.2, 0.25) is 0 Å². The first kappa shape index (κ1) is 8.28. The molecule has 0 heterocycles. The summed E-state index contributed by atoms with van der Waals surface area (Å²) in [6.45, 7) is 0. The number of carbonyl (C=O) groups excluding carboxylic acids is 1. The summed E-state index contributed by atoms with van der Waals surface area (Å²) in [5, 5.41) is 0. The summed E-state index contributed by atoms with van der Waals surface area (Å²) < 4.78 is 0. The highest BCUT2D eigenvalue weighted by atomic mass is 16.1. The molecule has 2 fully saturated rings. The van der Waals surface area contributed by atoms with E-state index in [0.29, 0.717) is 11.7 Å². The molecule has 0 unspecified atom stereocenters. The van der Waals surface area contributed by atoms with E-state index in [1.54, 1.807) is 0 Å². The van der Waals surface area contributed by atoms with Gasteiger partial charge in [-0.05, 0) is 31.6 Å². The molecule has 68 valence electrons. The van der Waals surface area contributed by atoms with E-state index < -0.39 is 0 Å². The summed E-state index contributed by atoms with van der Waals surface area (Å²) in [5.41, 5.74) is 0. The second-order valence-corrected chi connectivity index (χ2v) is 4.45. The SMILES string of the molecule is O=C(CC1CC1)C1CCCCC1. The Labute approximate surface area is 74.5 Å². The van der Waals surface area contributed by atoms with Crippen LogP contribution >= 0.6 is 0 Å². The average molecular weight is 166 g/mol. The molecule has 2 rings (SSSR count). The van der Waals surface area contributed by atoms with Crippen LogP contribution in [0.3, 0.4) is 0 Å². The number of hydrogen-bond acceptors (Lipinski definition) is 1. The van der Waals surface area contributed by atoms with Crippen LogP contribution in [-0.4, -0.2) is 5.78 Å². The van der Waals surface area contributed by atoms with Crippen molar-refractivity contribution in [2.24, 2.45) is 11.8 Å². The second-order valence-electron chi connectivity index (χ2n) is 4.45. The minimum absolute atomic E-state index is 0.458. The van der Waals surface area contributed by atoms with Gasteiger partial charge >= 0.3 is 0 Å². The minimum atomic E-state index is 0.458. The number of Topliss-reactive ketones (excluding diaryl/α,β-unsaturated/α-hetero) is 1. The van der Waals surface area contributed by atoms with E-state index in [1.807, 2.05) is 0 Å². The molecule has 0 radical (unpaired) electrons. The Kier molecular flexibility index (Phi) is 2.48. The lowest BCUT2D eigenvalue weighted by Gasteiger charge is -2.19. The third-order valence-corrected chi connectivity index (χ3v) is 3.25. The molecule has 0 aliphatic heterocycles. The van der Waals surface area contributed by atoms with Crippen molar-refractivity contribution in [1.82, 2.24) is 0 Å². The predicted octanol–water partition coefficient (Wildman–Crippen LogP) is 2.94. The van der Waals surface area contributed by atoms with Gasteiger partial charge in [0.15, 0.2) is 0 Å². The van der Waals surface area contributed by atoms with Crippen molar-refractivity contribution in [3.63, 3.8) is 0 Å². The summed E-state index contributed by atoms with van der Waals surface area (Å²) in [5.74, 6) is 1.83. The van der Waals surface area contributed by atoms with Crippen LogP contribution in [0, 0.1) is 11.8 Å². The zero-order valence-electron chi connectivity index (χ0n) is 7.72. The normalized spacial score (nSPS) is 25.7. The van der Waals surface area contributed by atoms with Gasteiger partial charge in [-0.25, -0.2) is 0 Å². The molecule has 0 saturated heterocycles. The van der Waals surface area contributed by atoms with E-state index in [2.05, 4.69) is 0 Å². The molecule has 12 heavy (non-hydrogen) atoms.